The first-order valence-electron chi connectivity index (χ1n) is 13.5. The van der Waals surface area contributed by atoms with Crippen molar-refractivity contribution in [2.24, 2.45) is 28.6 Å². The lowest BCUT2D eigenvalue weighted by Crippen LogP contribution is -2.50. The fourth-order valence-corrected chi connectivity index (χ4v) is 8.42. The number of ether oxygens (including phenoxy) is 1. The Morgan fingerprint density at radius 1 is 1.06 bits per heavy atom. The van der Waals surface area contributed by atoms with E-state index in [2.05, 4.69) is 59.8 Å². The maximum Gasteiger partial charge on any atom is 0.419 e. The third kappa shape index (κ3) is 3.12. The highest BCUT2D eigenvalue weighted by Crippen LogP contribution is 2.66. The lowest BCUT2D eigenvalue weighted by molar-refractivity contribution is -0.0302. The second-order valence-corrected chi connectivity index (χ2v) is 11.8. The second-order valence-electron chi connectivity index (χ2n) is 11.8. The van der Waals surface area contributed by atoms with Crippen molar-refractivity contribution in [2.45, 2.75) is 64.9 Å². The quantitative estimate of drug-likeness (QED) is 0.381. The molecule has 0 aliphatic heterocycles. The average Bonchev–Trinajstić information content (AvgIpc) is 3.62. The highest BCUT2D eigenvalue weighted by molar-refractivity contribution is 5.80. The van der Waals surface area contributed by atoms with Crippen molar-refractivity contribution in [1.29, 1.82) is 0 Å². The number of imidazole rings is 2. The molecule has 36 heavy (non-hydrogen) atoms. The first kappa shape index (κ1) is 22.1. The van der Waals surface area contributed by atoms with Gasteiger partial charge < -0.3 is 9.30 Å². The van der Waals surface area contributed by atoms with Crippen LogP contribution in [-0.2, 0) is 4.74 Å². The third-order valence-electron chi connectivity index (χ3n) is 10.3. The number of allylic oxidation sites excluding steroid dienone is 3. The fourth-order valence-electron chi connectivity index (χ4n) is 8.42. The van der Waals surface area contributed by atoms with Gasteiger partial charge in [0.1, 0.15) is 18.8 Å². The first-order valence-corrected chi connectivity index (χ1v) is 13.5. The molecule has 6 atom stereocenters. The minimum absolute atomic E-state index is 0.136. The van der Waals surface area contributed by atoms with E-state index in [1.165, 1.54) is 53.4 Å². The number of benzene rings is 1. The molecule has 2 fully saturated rings. The molecule has 0 saturated heterocycles. The van der Waals surface area contributed by atoms with Crippen LogP contribution in [0.3, 0.4) is 0 Å². The number of hydrogen-bond donors (Lipinski definition) is 0. The zero-order valence-electron chi connectivity index (χ0n) is 21.1. The van der Waals surface area contributed by atoms with Crippen molar-refractivity contribution >= 4 is 22.8 Å². The third-order valence-corrected chi connectivity index (χ3v) is 10.3. The molecule has 0 spiro atoms. The smallest absolute Gasteiger partial charge is 0.419 e. The van der Waals surface area contributed by atoms with Crippen LogP contribution in [-0.4, -0.2) is 31.3 Å². The molecule has 6 heteroatoms. The molecule has 1 aromatic carbocycles. The maximum atomic E-state index is 12.5. The number of carbonyl (C=O) groups is 1. The van der Waals surface area contributed by atoms with Gasteiger partial charge in [-0.25, -0.2) is 19.3 Å². The zero-order chi connectivity index (χ0) is 24.5. The van der Waals surface area contributed by atoms with Crippen LogP contribution in [0.1, 0.15) is 58.8 Å². The molecule has 4 aliphatic carbocycles. The van der Waals surface area contributed by atoms with E-state index >= 15 is 0 Å². The van der Waals surface area contributed by atoms with E-state index in [0.717, 1.165) is 30.7 Å². The van der Waals surface area contributed by atoms with Gasteiger partial charge in [-0.3, -0.25) is 0 Å². The molecule has 6 nitrogen and oxygen atoms in total. The van der Waals surface area contributed by atoms with Gasteiger partial charge in [0.05, 0.1) is 11.0 Å². The number of aromatic nitrogens is 4. The van der Waals surface area contributed by atoms with Gasteiger partial charge in [0.2, 0.25) is 0 Å². The van der Waals surface area contributed by atoms with Crippen molar-refractivity contribution < 1.29 is 9.53 Å². The van der Waals surface area contributed by atoms with Crippen LogP contribution in [0.4, 0.5) is 4.79 Å². The molecule has 0 amide bonds. The molecule has 0 N–H and O–H groups in total. The standard InChI is InChI=1S/C30H34N4O2/c1-29-13-11-21(36-28(35)33-16-15-31-18-33)17-20(29)7-8-22-23-9-10-27(30(23,2)14-12-24(22)29)34-19-32-25-5-3-4-6-26(25)34/h3-6,10,15-19,21-24H,7-9,11-14H2,1-2H3/t21?,22?,23?,24?,29-,30-/m0/s1. The van der Waals surface area contributed by atoms with Gasteiger partial charge in [-0.2, -0.15) is 0 Å². The van der Waals surface area contributed by atoms with Crippen LogP contribution in [0.15, 0.2) is 67.0 Å². The lowest BCUT2D eigenvalue weighted by atomic mass is 9.47. The summed E-state index contributed by atoms with van der Waals surface area (Å²) in [7, 11) is 0. The van der Waals surface area contributed by atoms with E-state index in [1.807, 2.05) is 6.33 Å². The van der Waals surface area contributed by atoms with Gasteiger partial charge in [-0.1, -0.05) is 37.6 Å². The van der Waals surface area contributed by atoms with E-state index < -0.39 is 0 Å². The van der Waals surface area contributed by atoms with Gasteiger partial charge in [-0.05, 0) is 86.3 Å². The van der Waals surface area contributed by atoms with Crippen molar-refractivity contribution in [3.63, 3.8) is 0 Å². The Morgan fingerprint density at radius 2 is 1.92 bits per heavy atom. The number of hydrogen-bond acceptors (Lipinski definition) is 4. The van der Waals surface area contributed by atoms with Gasteiger partial charge in [0, 0.05) is 23.5 Å². The largest absolute Gasteiger partial charge is 0.441 e. The van der Waals surface area contributed by atoms with Crippen molar-refractivity contribution in [3.8, 4) is 0 Å². The summed E-state index contributed by atoms with van der Waals surface area (Å²) in [5.41, 5.74) is 5.68. The molecule has 3 aromatic rings. The Hall–Kier alpha value is -3.15. The Bertz CT molecular complexity index is 1380. The Labute approximate surface area is 212 Å². The molecule has 2 heterocycles. The van der Waals surface area contributed by atoms with E-state index in [9.17, 15) is 4.79 Å². The summed E-state index contributed by atoms with van der Waals surface area (Å²) in [6.07, 6.45) is 19.1. The van der Waals surface area contributed by atoms with Crippen LogP contribution in [0.25, 0.3) is 16.7 Å². The predicted octanol–water partition coefficient (Wildman–Crippen LogP) is 6.70. The maximum absolute atomic E-state index is 12.5. The summed E-state index contributed by atoms with van der Waals surface area (Å²) in [6, 6.07) is 8.49. The highest BCUT2D eigenvalue weighted by Gasteiger charge is 2.57. The SMILES string of the molecule is C[C@]12CCC(OC(=O)n3ccnc3)C=C1CCC1C2CC[C@]2(C)C(n3cnc4ccccc43)=CCC12. The minimum Gasteiger partial charge on any atom is -0.441 e. The summed E-state index contributed by atoms with van der Waals surface area (Å²) >= 11 is 0. The van der Waals surface area contributed by atoms with Crippen molar-refractivity contribution in [3.05, 3.63) is 67.0 Å². The van der Waals surface area contributed by atoms with Gasteiger partial charge >= 0.3 is 6.09 Å². The number of carbonyl (C=O) groups excluding carboxylic acids is 1. The zero-order valence-corrected chi connectivity index (χ0v) is 21.1. The van der Waals surface area contributed by atoms with E-state index in [0.29, 0.717) is 11.8 Å². The normalized spacial score (nSPS) is 35.4. The fraction of sp³-hybridized carbons (Fsp3) is 0.500. The summed E-state index contributed by atoms with van der Waals surface area (Å²) in [4.78, 5) is 21.1. The van der Waals surface area contributed by atoms with E-state index in [4.69, 9.17) is 9.72 Å². The Morgan fingerprint density at radius 3 is 2.78 bits per heavy atom. The average molecular weight is 483 g/mol. The van der Waals surface area contributed by atoms with Crippen LogP contribution in [0.2, 0.25) is 0 Å². The molecule has 0 radical (unpaired) electrons. The van der Waals surface area contributed by atoms with Gasteiger partial charge in [0.25, 0.3) is 0 Å². The Balaban J connectivity index is 1.13. The Kier molecular flexibility index (Phi) is 4.86. The topological polar surface area (TPSA) is 61.9 Å². The molecular weight excluding hydrogens is 448 g/mol. The lowest BCUT2D eigenvalue weighted by Gasteiger charge is -2.58. The monoisotopic (exact) mass is 482 g/mol. The molecule has 4 unspecified atom stereocenters. The molecule has 2 saturated carbocycles. The number of para-hydroxylation sites is 2. The summed E-state index contributed by atoms with van der Waals surface area (Å²) in [6.45, 7) is 5.01. The van der Waals surface area contributed by atoms with Crippen LogP contribution >= 0.6 is 0 Å². The number of fused-ring (bicyclic) bond motifs is 6. The molecule has 2 aromatic heterocycles. The van der Waals surface area contributed by atoms with Crippen molar-refractivity contribution in [2.75, 3.05) is 0 Å². The summed E-state index contributed by atoms with van der Waals surface area (Å²) < 4.78 is 9.61. The van der Waals surface area contributed by atoms with Gasteiger partial charge in [-0.15, -0.1) is 0 Å². The summed E-state index contributed by atoms with van der Waals surface area (Å²) in [5, 5.41) is 0. The molecule has 4 aliphatic rings. The minimum atomic E-state index is -0.336. The highest BCUT2D eigenvalue weighted by atomic mass is 16.6. The van der Waals surface area contributed by atoms with Crippen LogP contribution in [0, 0.1) is 28.6 Å². The van der Waals surface area contributed by atoms with E-state index in [1.54, 1.807) is 12.4 Å². The molecule has 7 rings (SSSR count). The molecule has 0 bridgehead atoms. The number of rotatable bonds is 2. The molecular formula is C30H34N4O2. The number of nitrogens with zero attached hydrogens (tertiary/aromatic N) is 4. The van der Waals surface area contributed by atoms with E-state index in [-0.39, 0.29) is 23.0 Å². The molecule has 186 valence electrons. The summed E-state index contributed by atoms with van der Waals surface area (Å²) in [5.74, 6) is 2.12. The van der Waals surface area contributed by atoms with Gasteiger partial charge in [0.15, 0.2) is 0 Å². The van der Waals surface area contributed by atoms with Crippen LogP contribution in [0.5, 0.6) is 0 Å². The predicted molar refractivity (Wildman–Crippen MR) is 139 cm³/mol. The first-order chi connectivity index (χ1) is 17.5. The second kappa shape index (κ2) is 7.92. The van der Waals surface area contributed by atoms with Crippen molar-refractivity contribution in [1.82, 2.24) is 19.1 Å². The van der Waals surface area contributed by atoms with Crippen LogP contribution < -0.4 is 0 Å².